The van der Waals surface area contributed by atoms with Crippen molar-refractivity contribution in [3.63, 3.8) is 0 Å². The molecule has 0 saturated heterocycles. The van der Waals surface area contributed by atoms with Gasteiger partial charge in [0.1, 0.15) is 11.5 Å². The van der Waals surface area contributed by atoms with E-state index in [1.807, 2.05) is 0 Å². The molecule has 0 radical (unpaired) electrons. The third kappa shape index (κ3) is 3.97. The minimum Gasteiger partial charge on any atom is -0.309 e. The summed E-state index contributed by atoms with van der Waals surface area (Å²) in [6.07, 6.45) is -4.23. The molecule has 154 valence electrons. The fourth-order valence-corrected chi connectivity index (χ4v) is 3.82. The second kappa shape index (κ2) is 7.38. The van der Waals surface area contributed by atoms with Crippen LogP contribution in [0, 0.1) is 5.82 Å². The fourth-order valence-electron chi connectivity index (χ4n) is 2.58. The van der Waals surface area contributed by atoms with Crippen LogP contribution in [-0.4, -0.2) is 33.9 Å². The molecular weight excluding hydrogens is 436 g/mol. The maximum Gasteiger partial charge on any atom is 0.417 e. The fraction of sp³-hybridized carbons (Fsp3) is 0.235. The molecule has 0 aliphatic carbocycles. The van der Waals surface area contributed by atoms with E-state index in [1.54, 1.807) is 0 Å². The summed E-state index contributed by atoms with van der Waals surface area (Å²) in [5, 5.41) is 7.65. The lowest BCUT2D eigenvalue weighted by Crippen LogP contribution is -2.13. The Hall–Kier alpha value is -2.53. The number of aromatic nitrogens is 4. The van der Waals surface area contributed by atoms with Crippen LogP contribution in [0.15, 0.2) is 35.4 Å². The Balaban J connectivity index is 2.21. The maximum atomic E-state index is 13.4. The number of rotatable bonds is 4. The van der Waals surface area contributed by atoms with E-state index >= 15 is 0 Å². The van der Waals surface area contributed by atoms with Crippen LogP contribution in [0.1, 0.15) is 12.5 Å². The van der Waals surface area contributed by atoms with Crippen molar-refractivity contribution in [3.05, 3.63) is 46.9 Å². The number of sulfone groups is 1. The molecule has 12 heteroatoms. The highest BCUT2D eigenvalue weighted by Gasteiger charge is 2.34. The zero-order chi connectivity index (χ0) is 21.6. The van der Waals surface area contributed by atoms with Gasteiger partial charge >= 0.3 is 6.18 Å². The number of halogens is 5. The number of benzene rings is 1. The highest BCUT2D eigenvalue weighted by atomic mass is 35.5. The molecule has 2 aromatic heterocycles. The number of nitrogens with zero attached hydrogens (tertiary/aromatic N) is 4. The normalized spacial score (nSPS) is 12.4. The quantitative estimate of drug-likeness (QED) is 0.560. The van der Waals surface area contributed by atoms with Gasteiger partial charge in [0.25, 0.3) is 0 Å². The highest BCUT2D eigenvalue weighted by molar-refractivity contribution is 7.91. The Morgan fingerprint density at radius 2 is 1.79 bits per heavy atom. The van der Waals surface area contributed by atoms with Crippen molar-refractivity contribution in [3.8, 4) is 22.9 Å². The topological polar surface area (TPSA) is 77.7 Å². The summed E-state index contributed by atoms with van der Waals surface area (Å²) in [6.45, 7) is 1.31. The van der Waals surface area contributed by atoms with E-state index in [0.29, 0.717) is 17.8 Å². The highest BCUT2D eigenvalue weighted by Crippen LogP contribution is 2.34. The van der Waals surface area contributed by atoms with Crippen molar-refractivity contribution in [2.24, 2.45) is 7.05 Å². The molecule has 6 nitrogen and oxygen atoms in total. The van der Waals surface area contributed by atoms with Gasteiger partial charge in [-0.1, -0.05) is 18.5 Å². The number of hydrogen-bond donors (Lipinski definition) is 0. The molecule has 0 amide bonds. The second-order valence-corrected chi connectivity index (χ2v) is 8.66. The smallest absolute Gasteiger partial charge is 0.309 e. The zero-order valence-corrected chi connectivity index (χ0v) is 16.6. The molecule has 0 aliphatic rings. The average molecular weight is 449 g/mol. The first kappa shape index (κ1) is 21.2. The third-order valence-corrected chi connectivity index (χ3v) is 6.19. The molecule has 3 rings (SSSR count). The van der Waals surface area contributed by atoms with Crippen molar-refractivity contribution in [2.45, 2.75) is 18.0 Å². The minimum absolute atomic E-state index is 0.0683. The van der Waals surface area contributed by atoms with Gasteiger partial charge in [0, 0.05) is 18.8 Å². The van der Waals surface area contributed by atoms with E-state index < -0.39 is 38.0 Å². The summed E-state index contributed by atoms with van der Waals surface area (Å²) in [5.74, 6) is -0.940. The van der Waals surface area contributed by atoms with Gasteiger partial charge in [0.15, 0.2) is 21.5 Å². The average Bonchev–Trinajstić information content (AvgIpc) is 3.04. The lowest BCUT2D eigenvalue weighted by atomic mass is 10.2. The third-order valence-electron chi connectivity index (χ3n) is 4.16. The lowest BCUT2D eigenvalue weighted by Gasteiger charge is -2.12. The Kier molecular flexibility index (Phi) is 5.39. The molecule has 0 unspecified atom stereocenters. The molecule has 1 aromatic carbocycles. The molecule has 2 heterocycles. The summed E-state index contributed by atoms with van der Waals surface area (Å²) < 4.78 is 78.8. The second-order valence-electron chi connectivity index (χ2n) is 6.01. The van der Waals surface area contributed by atoms with Crippen LogP contribution in [0.25, 0.3) is 22.9 Å². The van der Waals surface area contributed by atoms with Crippen LogP contribution in [0.4, 0.5) is 17.6 Å². The molecule has 0 aliphatic heterocycles. The summed E-state index contributed by atoms with van der Waals surface area (Å²) in [4.78, 5) is 3.12. The van der Waals surface area contributed by atoms with E-state index in [1.165, 1.54) is 30.7 Å². The first-order valence-electron chi connectivity index (χ1n) is 8.11. The predicted molar refractivity (Wildman–Crippen MR) is 97.4 cm³/mol. The molecule has 3 aromatic rings. The maximum absolute atomic E-state index is 13.4. The van der Waals surface area contributed by atoms with E-state index in [2.05, 4.69) is 15.2 Å². The molecule has 0 saturated carbocycles. The van der Waals surface area contributed by atoms with Crippen LogP contribution in [0.2, 0.25) is 5.02 Å². The Morgan fingerprint density at radius 3 is 2.38 bits per heavy atom. The van der Waals surface area contributed by atoms with Gasteiger partial charge in [-0.25, -0.2) is 12.8 Å². The van der Waals surface area contributed by atoms with Gasteiger partial charge in [-0.05, 0) is 24.3 Å². The summed E-state index contributed by atoms with van der Waals surface area (Å²) in [5.41, 5.74) is -1.08. The van der Waals surface area contributed by atoms with Crippen LogP contribution in [-0.2, 0) is 23.1 Å². The number of alkyl halides is 3. The molecule has 0 N–H and O–H groups in total. The lowest BCUT2D eigenvalue weighted by molar-refractivity contribution is -0.138. The Bertz CT molecular complexity index is 1190. The molecule has 0 bridgehead atoms. The van der Waals surface area contributed by atoms with E-state index in [9.17, 15) is 26.0 Å². The summed E-state index contributed by atoms with van der Waals surface area (Å²) >= 11 is 5.77. The molecule has 0 atom stereocenters. The van der Waals surface area contributed by atoms with Crippen LogP contribution in [0.3, 0.4) is 0 Å². The summed E-state index contributed by atoms with van der Waals surface area (Å²) in [6, 6.07) is 4.34. The first-order chi connectivity index (χ1) is 13.5. The standard InChI is InChI=1S/C17H13ClF4N4O2S/c1-3-29(27,28)13-7-10(17(20,21)22)8-23-14(13)16-25-24-15(26(16)2)9-4-5-12(19)11(18)6-9/h4-8H,3H2,1-2H3. The zero-order valence-electron chi connectivity index (χ0n) is 15.0. The van der Waals surface area contributed by atoms with E-state index in [-0.39, 0.29) is 22.4 Å². The monoisotopic (exact) mass is 448 g/mol. The first-order valence-corrected chi connectivity index (χ1v) is 10.1. The Morgan fingerprint density at radius 1 is 1.14 bits per heavy atom. The Labute approximate surface area is 168 Å². The molecule has 29 heavy (non-hydrogen) atoms. The predicted octanol–water partition coefficient (Wildman–Crippen LogP) is 4.15. The van der Waals surface area contributed by atoms with Gasteiger partial charge < -0.3 is 4.57 Å². The van der Waals surface area contributed by atoms with Crippen molar-refractivity contribution >= 4 is 21.4 Å². The summed E-state index contributed by atoms with van der Waals surface area (Å²) in [7, 11) is -2.58. The van der Waals surface area contributed by atoms with Crippen LogP contribution in [0.5, 0.6) is 0 Å². The van der Waals surface area contributed by atoms with Crippen molar-refractivity contribution in [1.82, 2.24) is 19.7 Å². The van der Waals surface area contributed by atoms with E-state index in [0.717, 1.165) is 6.07 Å². The van der Waals surface area contributed by atoms with Crippen LogP contribution >= 0.6 is 11.6 Å². The van der Waals surface area contributed by atoms with Crippen molar-refractivity contribution < 1.29 is 26.0 Å². The van der Waals surface area contributed by atoms with Gasteiger partial charge in [-0.15, -0.1) is 10.2 Å². The molecular formula is C17H13ClF4N4O2S. The largest absolute Gasteiger partial charge is 0.417 e. The van der Waals surface area contributed by atoms with Gasteiger partial charge in [0.05, 0.1) is 21.2 Å². The van der Waals surface area contributed by atoms with Gasteiger partial charge in [0.2, 0.25) is 0 Å². The number of pyridine rings is 1. The van der Waals surface area contributed by atoms with Gasteiger partial charge in [-0.3, -0.25) is 4.98 Å². The SMILES string of the molecule is CCS(=O)(=O)c1cc(C(F)(F)F)cnc1-c1nnc(-c2ccc(F)c(Cl)c2)n1C. The van der Waals surface area contributed by atoms with Crippen molar-refractivity contribution in [1.29, 1.82) is 0 Å². The van der Waals surface area contributed by atoms with Gasteiger partial charge in [-0.2, -0.15) is 13.2 Å². The molecule has 0 spiro atoms. The van der Waals surface area contributed by atoms with Crippen LogP contribution < -0.4 is 0 Å². The minimum atomic E-state index is -4.76. The molecule has 0 fully saturated rings. The van der Waals surface area contributed by atoms with Crippen molar-refractivity contribution in [2.75, 3.05) is 5.75 Å². The van der Waals surface area contributed by atoms with E-state index in [4.69, 9.17) is 11.6 Å². The number of hydrogen-bond acceptors (Lipinski definition) is 5.